The Hall–Kier alpha value is -3.69. The highest BCUT2D eigenvalue weighted by Gasteiger charge is 2.24. The van der Waals surface area contributed by atoms with E-state index in [4.69, 9.17) is 21.1 Å². The van der Waals surface area contributed by atoms with E-state index in [1.807, 2.05) is 0 Å². The van der Waals surface area contributed by atoms with Crippen LogP contribution in [0.4, 0.5) is 0 Å². The zero-order chi connectivity index (χ0) is 24.5. The molecule has 3 heterocycles. The van der Waals surface area contributed by atoms with Gasteiger partial charge < -0.3 is 14.0 Å². The fourth-order valence-electron chi connectivity index (χ4n) is 4.32. The van der Waals surface area contributed by atoms with Crippen LogP contribution in [0.25, 0.3) is 16.9 Å². The topological polar surface area (TPSA) is 97.4 Å². The highest BCUT2D eigenvalue weighted by molar-refractivity contribution is 6.30. The van der Waals surface area contributed by atoms with Crippen LogP contribution in [0.1, 0.15) is 23.2 Å². The third-order valence-electron chi connectivity index (χ3n) is 6.10. The van der Waals surface area contributed by atoms with Crippen LogP contribution in [0.5, 0.6) is 5.75 Å². The predicted molar refractivity (Wildman–Crippen MR) is 131 cm³/mol. The molecule has 1 saturated heterocycles. The maximum Gasteiger partial charge on any atom is 0.337 e. The van der Waals surface area contributed by atoms with E-state index in [9.17, 15) is 14.4 Å². The van der Waals surface area contributed by atoms with Gasteiger partial charge in [-0.15, -0.1) is 0 Å². The lowest BCUT2D eigenvalue weighted by atomic mass is 10.1. The number of Topliss-reactive ketones (excluding diaryl/α,β-unsaturated/α-hetero) is 1. The lowest BCUT2D eigenvalue weighted by Crippen LogP contribution is -2.42. The molecule has 1 aliphatic heterocycles. The molecule has 10 heteroatoms. The van der Waals surface area contributed by atoms with Crippen LogP contribution in [-0.2, 0) is 17.8 Å². The van der Waals surface area contributed by atoms with Gasteiger partial charge in [0.15, 0.2) is 16.9 Å². The second kappa shape index (κ2) is 9.52. The molecule has 1 unspecified atom stereocenters. The van der Waals surface area contributed by atoms with Gasteiger partial charge in [0.25, 0.3) is 5.56 Å². The Labute approximate surface area is 205 Å². The van der Waals surface area contributed by atoms with E-state index < -0.39 is 11.2 Å². The number of ketones is 1. The van der Waals surface area contributed by atoms with Crippen LogP contribution < -0.4 is 16.0 Å². The third kappa shape index (κ3) is 4.40. The summed E-state index contributed by atoms with van der Waals surface area (Å²) < 4.78 is 14.9. The van der Waals surface area contributed by atoms with Gasteiger partial charge in [0.1, 0.15) is 5.75 Å². The first-order valence-corrected chi connectivity index (χ1v) is 11.6. The predicted octanol–water partition coefficient (Wildman–Crippen LogP) is 3.07. The van der Waals surface area contributed by atoms with Crippen molar-refractivity contribution >= 4 is 28.5 Å². The summed E-state index contributed by atoms with van der Waals surface area (Å²) in [6.07, 6.45) is 2.82. The minimum Gasteiger partial charge on any atom is -0.497 e. The number of benzene rings is 2. The minimum absolute atomic E-state index is 0.121. The quantitative estimate of drug-likeness (QED) is 0.366. The SMILES string of the molecule is COc1cccc(C(=O)Cn2cnc3c2c(=O)n(CC2CCCO2)c(=O)n3-c2ccc(Cl)cc2)c1. The van der Waals surface area contributed by atoms with Crippen LogP contribution in [0, 0.1) is 0 Å². The van der Waals surface area contributed by atoms with Crippen LogP contribution >= 0.6 is 11.6 Å². The number of methoxy groups -OCH3 is 1. The Kier molecular flexibility index (Phi) is 6.27. The highest BCUT2D eigenvalue weighted by atomic mass is 35.5. The Morgan fingerprint density at radius 1 is 1.20 bits per heavy atom. The Bertz CT molecular complexity index is 1510. The van der Waals surface area contributed by atoms with Gasteiger partial charge in [-0.25, -0.2) is 14.3 Å². The Balaban J connectivity index is 1.65. The first kappa shape index (κ1) is 23.1. The molecular weight excluding hydrogens is 472 g/mol. The molecule has 9 nitrogen and oxygen atoms in total. The maximum atomic E-state index is 13.6. The molecular formula is C25H23ClN4O5. The lowest BCUT2D eigenvalue weighted by Gasteiger charge is -2.15. The van der Waals surface area contributed by atoms with E-state index in [1.165, 1.54) is 27.1 Å². The number of aromatic nitrogens is 4. The average Bonchev–Trinajstić information content (AvgIpc) is 3.53. The minimum atomic E-state index is -0.523. The van der Waals surface area contributed by atoms with Gasteiger partial charge in [0.05, 0.1) is 38.3 Å². The van der Waals surface area contributed by atoms with Crippen molar-refractivity contribution in [2.24, 2.45) is 0 Å². The number of hydrogen-bond acceptors (Lipinski definition) is 6. The molecule has 0 radical (unpaired) electrons. The van der Waals surface area contributed by atoms with E-state index >= 15 is 0 Å². The van der Waals surface area contributed by atoms with Crippen molar-refractivity contribution in [3.63, 3.8) is 0 Å². The number of fused-ring (bicyclic) bond motifs is 1. The molecule has 1 aliphatic rings. The molecule has 2 aromatic carbocycles. The summed E-state index contributed by atoms with van der Waals surface area (Å²) in [6.45, 7) is 0.591. The molecule has 0 saturated carbocycles. The van der Waals surface area contributed by atoms with Crippen LogP contribution in [0.3, 0.4) is 0 Å². The number of rotatable bonds is 7. The van der Waals surface area contributed by atoms with E-state index in [2.05, 4.69) is 4.98 Å². The van der Waals surface area contributed by atoms with Crippen molar-refractivity contribution in [3.8, 4) is 11.4 Å². The van der Waals surface area contributed by atoms with Crippen molar-refractivity contribution in [1.29, 1.82) is 0 Å². The molecule has 0 spiro atoms. The number of imidazole rings is 1. The summed E-state index contributed by atoms with van der Waals surface area (Å²) >= 11 is 6.04. The zero-order valence-electron chi connectivity index (χ0n) is 19.0. The first-order valence-electron chi connectivity index (χ1n) is 11.2. The smallest absolute Gasteiger partial charge is 0.337 e. The molecule has 35 heavy (non-hydrogen) atoms. The number of halogens is 1. The normalized spacial score (nSPS) is 15.5. The van der Waals surface area contributed by atoms with Crippen molar-refractivity contribution in [2.75, 3.05) is 13.7 Å². The van der Waals surface area contributed by atoms with E-state index in [0.29, 0.717) is 28.6 Å². The van der Waals surface area contributed by atoms with Gasteiger partial charge >= 0.3 is 5.69 Å². The third-order valence-corrected chi connectivity index (χ3v) is 6.35. The van der Waals surface area contributed by atoms with Gasteiger partial charge in [-0.3, -0.25) is 14.2 Å². The van der Waals surface area contributed by atoms with Crippen molar-refractivity contribution in [1.82, 2.24) is 18.7 Å². The molecule has 5 rings (SSSR count). The van der Waals surface area contributed by atoms with Crippen LogP contribution in [-0.4, -0.2) is 44.3 Å². The molecule has 180 valence electrons. The number of carbonyl (C=O) groups is 1. The molecule has 2 aromatic heterocycles. The highest BCUT2D eigenvalue weighted by Crippen LogP contribution is 2.19. The molecule has 0 N–H and O–H groups in total. The number of nitrogens with zero attached hydrogens (tertiary/aromatic N) is 4. The monoisotopic (exact) mass is 494 g/mol. The van der Waals surface area contributed by atoms with Crippen LogP contribution in [0.15, 0.2) is 64.4 Å². The molecule has 1 fully saturated rings. The van der Waals surface area contributed by atoms with Crippen molar-refractivity contribution < 1.29 is 14.3 Å². The molecule has 0 amide bonds. The van der Waals surface area contributed by atoms with Gasteiger partial charge in [0.2, 0.25) is 0 Å². The molecule has 4 aromatic rings. The summed E-state index contributed by atoms with van der Waals surface area (Å²) in [5.74, 6) is 0.333. The molecule has 1 atom stereocenters. The van der Waals surface area contributed by atoms with E-state index in [-0.39, 0.29) is 36.1 Å². The summed E-state index contributed by atoms with van der Waals surface area (Å²) in [5.41, 5.74) is 0.247. The summed E-state index contributed by atoms with van der Waals surface area (Å²) in [4.78, 5) is 44.5. The van der Waals surface area contributed by atoms with Gasteiger partial charge in [-0.05, 0) is 49.2 Å². The van der Waals surface area contributed by atoms with Gasteiger partial charge in [-0.1, -0.05) is 23.7 Å². The maximum absolute atomic E-state index is 13.6. The summed E-state index contributed by atoms with van der Waals surface area (Å²) in [5, 5.41) is 0.514. The summed E-state index contributed by atoms with van der Waals surface area (Å²) in [6, 6.07) is 13.5. The van der Waals surface area contributed by atoms with Gasteiger partial charge in [0, 0.05) is 17.2 Å². The number of ether oxygens (including phenoxy) is 2. The van der Waals surface area contributed by atoms with E-state index in [1.54, 1.807) is 48.5 Å². The zero-order valence-corrected chi connectivity index (χ0v) is 19.8. The van der Waals surface area contributed by atoms with Crippen LogP contribution in [0.2, 0.25) is 5.02 Å². The fraction of sp³-hybridized carbons (Fsp3) is 0.280. The first-order chi connectivity index (χ1) is 17.0. The van der Waals surface area contributed by atoms with Crippen molar-refractivity contribution in [2.45, 2.75) is 32.0 Å². The lowest BCUT2D eigenvalue weighted by molar-refractivity contribution is 0.0947. The standard InChI is InChI=1S/C25H23ClN4O5/c1-34-19-5-2-4-16(12-19)21(31)14-28-15-27-23-22(28)24(32)29(13-20-6-3-11-35-20)25(33)30(23)18-9-7-17(26)8-10-18/h2,4-5,7-10,12,15,20H,3,6,11,13-14H2,1H3. The Morgan fingerprint density at radius 2 is 2.00 bits per heavy atom. The number of hydrogen-bond donors (Lipinski definition) is 0. The Morgan fingerprint density at radius 3 is 2.71 bits per heavy atom. The van der Waals surface area contributed by atoms with Gasteiger partial charge in [-0.2, -0.15) is 0 Å². The van der Waals surface area contributed by atoms with E-state index in [0.717, 1.165) is 12.8 Å². The number of carbonyl (C=O) groups excluding carboxylic acids is 1. The average molecular weight is 495 g/mol. The fourth-order valence-corrected chi connectivity index (χ4v) is 4.44. The largest absolute Gasteiger partial charge is 0.497 e. The summed E-state index contributed by atoms with van der Waals surface area (Å²) in [7, 11) is 1.53. The second-order valence-electron chi connectivity index (χ2n) is 8.35. The molecule has 0 bridgehead atoms. The van der Waals surface area contributed by atoms with Crippen molar-refractivity contribution in [3.05, 3.63) is 86.3 Å². The second-order valence-corrected chi connectivity index (χ2v) is 8.78. The molecule has 0 aliphatic carbocycles.